The number of benzene rings is 3. The van der Waals surface area contributed by atoms with Gasteiger partial charge in [-0.05, 0) is 36.4 Å². The van der Waals surface area contributed by atoms with Crippen molar-refractivity contribution in [3.63, 3.8) is 0 Å². The van der Waals surface area contributed by atoms with E-state index in [1.54, 1.807) is 78.9 Å². The van der Waals surface area contributed by atoms with Crippen molar-refractivity contribution >= 4 is 14.1 Å². The molecule has 0 unspecified atom stereocenters. The van der Waals surface area contributed by atoms with Crippen LogP contribution < -0.4 is 13.6 Å². The Morgan fingerprint density at radius 1 is 0.640 bits per heavy atom. The number of hydrogen-bond donors (Lipinski definition) is 0. The number of rotatable bonds is 7. The van der Waals surface area contributed by atoms with Crippen LogP contribution in [0.1, 0.15) is 10.4 Å². The van der Waals surface area contributed by atoms with E-state index in [9.17, 15) is 9.36 Å². The van der Waals surface area contributed by atoms with Gasteiger partial charge in [0, 0.05) is 0 Å². The van der Waals surface area contributed by atoms with Crippen LogP contribution >= 0.6 is 7.82 Å². The zero-order valence-corrected chi connectivity index (χ0v) is 14.0. The molecule has 0 fully saturated rings. The van der Waals surface area contributed by atoms with Gasteiger partial charge in [-0.1, -0.05) is 48.5 Å². The van der Waals surface area contributed by atoms with Crippen LogP contribution in [0, 0.1) is 0 Å². The molecule has 0 bridgehead atoms. The minimum absolute atomic E-state index is 0.118. The molecule has 0 aliphatic carbocycles. The molecule has 0 aromatic heterocycles. The van der Waals surface area contributed by atoms with Gasteiger partial charge in [-0.25, -0.2) is 0 Å². The Bertz CT molecular complexity index is 835. The van der Waals surface area contributed by atoms with Crippen molar-refractivity contribution < 1.29 is 22.9 Å². The molecule has 0 saturated carbocycles. The molecule has 0 aliphatic rings. The first-order chi connectivity index (χ1) is 12.2. The highest BCUT2D eigenvalue weighted by Crippen LogP contribution is 2.50. The Morgan fingerprint density at radius 2 is 1.12 bits per heavy atom. The highest BCUT2D eigenvalue weighted by Gasteiger charge is 2.33. The van der Waals surface area contributed by atoms with Crippen molar-refractivity contribution in [2.45, 2.75) is 0 Å². The number of para-hydroxylation sites is 3. The summed E-state index contributed by atoms with van der Waals surface area (Å²) in [6, 6.07) is 23.5. The molecule has 0 amide bonds. The minimum atomic E-state index is -4.08. The second-order valence-corrected chi connectivity index (χ2v) is 6.45. The quantitative estimate of drug-likeness (QED) is 0.434. The second-order valence-electron chi connectivity index (χ2n) is 5.00. The summed E-state index contributed by atoms with van der Waals surface area (Å²) >= 11 is 0. The van der Waals surface area contributed by atoms with Gasteiger partial charge in [0.1, 0.15) is 17.2 Å². The Kier molecular flexibility index (Phi) is 5.17. The summed E-state index contributed by atoms with van der Waals surface area (Å²) < 4.78 is 29.7. The van der Waals surface area contributed by atoms with E-state index in [2.05, 4.69) is 0 Å². The highest BCUT2D eigenvalue weighted by atomic mass is 31.2. The lowest BCUT2D eigenvalue weighted by Gasteiger charge is -2.20. The molecule has 6 heteroatoms. The third-order valence-corrected chi connectivity index (χ3v) is 4.47. The number of phosphoric ester groups is 1. The zero-order valence-electron chi connectivity index (χ0n) is 13.1. The number of phosphoric acid groups is 1. The summed E-state index contributed by atoms with van der Waals surface area (Å²) in [6.45, 7) is 0. The highest BCUT2D eigenvalue weighted by molar-refractivity contribution is 7.49. The lowest BCUT2D eigenvalue weighted by Crippen LogP contribution is -2.08. The summed E-state index contributed by atoms with van der Waals surface area (Å²) in [7, 11) is -4.08. The maximum Gasteiger partial charge on any atom is 0.647 e. The van der Waals surface area contributed by atoms with Gasteiger partial charge in [-0.2, -0.15) is 4.57 Å². The maximum absolute atomic E-state index is 13.2. The summed E-state index contributed by atoms with van der Waals surface area (Å²) in [5.74, 6) is 0.767. The molecule has 0 atom stereocenters. The van der Waals surface area contributed by atoms with Crippen LogP contribution in [0.25, 0.3) is 0 Å². The van der Waals surface area contributed by atoms with Crippen molar-refractivity contribution in [2.24, 2.45) is 0 Å². The van der Waals surface area contributed by atoms with Crippen molar-refractivity contribution in [1.29, 1.82) is 0 Å². The van der Waals surface area contributed by atoms with E-state index >= 15 is 0 Å². The first-order valence-electron chi connectivity index (χ1n) is 7.52. The second kappa shape index (κ2) is 7.69. The Morgan fingerprint density at radius 3 is 1.64 bits per heavy atom. The largest absolute Gasteiger partial charge is 0.647 e. The number of carbonyl (C=O) groups excluding carboxylic acids is 1. The van der Waals surface area contributed by atoms with Gasteiger partial charge in [0.15, 0.2) is 6.29 Å². The van der Waals surface area contributed by atoms with E-state index in [4.69, 9.17) is 13.6 Å². The van der Waals surface area contributed by atoms with E-state index in [0.29, 0.717) is 17.8 Å². The van der Waals surface area contributed by atoms with Gasteiger partial charge in [-0.15, -0.1) is 0 Å². The summed E-state index contributed by atoms with van der Waals surface area (Å²) in [5.41, 5.74) is 0.246. The van der Waals surface area contributed by atoms with Gasteiger partial charge in [0.25, 0.3) is 0 Å². The van der Waals surface area contributed by atoms with Crippen LogP contribution in [0.15, 0.2) is 84.9 Å². The molecule has 0 N–H and O–H groups in total. The van der Waals surface area contributed by atoms with Gasteiger partial charge in [0.2, 0.25) is 0 Å². The molecule has 0 heterocycles. The molecule has 3 aromatic carbocycles. The van der Waals surface area contributed by atoms with Crippen LogP contribution in [-0.4, -0.2) is 6.29 Å². The molecule has 0 radical (unpaired) electrons. The fourth-order valence-corrected chi connectivity index (χ4v) is 3.34. The third-order valence-electron chi connectivity index (χ3n) is 3.18. The lowest BCUT2D eigenvalue weighted by molar-refractivity contribution is 0.112. The van der Waals surface area contributed by atoms with Gasteiger partial charge in [-0.3, -0.25) is 4.79 Å². The van der Waals surface area contributed by atoms with Crippen LogP contribution in [0.4, 0.5) is 0 Å². The van der Waals surface area contributed by atoms with Crippen LogP contribution in [0.5, 0.6) is 17.2 Å². The first-order valence-corrected chi connectivity index (χ1v) is 8.98. The van der Waals surface area contributed by atoms with Crippen LogP contribution in [-0.2, 0) is 4.57 Å². The average Bonchev–Trinajstić information content (AvgIpc) is 2.63. The van der Waals surface area contributed by atoms with Gasteiger partial charge in [0.05, 0.1) is 5.56 Å². The Labute approximate surface area is 145 Å². The maximum atomic E-state index is 13.2. The lowest BCUT2D eigenvalue weighted by atomic mass is 10.2. The normalized spacial score (nSPS) is 10.7. The number of hydrogen-bond acceptors (Lipinski definition) is 5. The molecular formula is C19H15O5P. The zero-order chi connectivity index (χ0) is 17.5. The molecule has 25 heavy (non-hydrogen) atoms. The predicted octanol–water partition coefficient (Wildman–Crippen LogP) is 5.14. The van der Waals surface area contributed by atoms with Crippen molar-refractivity contribution in [3.8, 4) is 17.2 Å². The third kappa shape index (κ3) is 4.49. The molecule has 3 rings (SSSR count). The Hall–Kier alpha value is -3.04. The fourth-order valence-electron chi connectivity index (χ4n) is 2.06. The predicted molar refractivity (Wildman–Crippen MR) is 94.2 cm³/mol. The number of aldehydes is 1. The molecule has 0 saturated heterocycles. The van der Waals surface area contributed by atoms with Gasteiger partial charge >= 0.3 is 7.82 Å². The standard InChI is InChI=1S/C19H15O5P/c20-15-16-9-7-8-14-19(16)24-25(21,22-17-10-3-1-4-11-17)23-18-12-5-2-6-13-18/h1-15H. The average molecular weight is 354 g/mol. The van der Waals surface area contributed by atoms with E-state index in [1.165, 1.54) is 6.07 Å². The van der Waals surface area contributed by atoms with Crippen LogP contribution in [0.3, 0.4) is 0 Å². The smallest absolute Gasteiger partial charge is 0.386 e. The first kappa shape index (κ1) is 16.8. The summed E-state index contributed by atoms with van der Waals surface area (Å²) in [4.78, 5) is 11.2. The Balaban J connectivity index is 1.93. The topological polar surface area (TPSA) is 61.8 Å². The van der Waals surface area contributed by atoms with E-state index < -0.39 is 7.82 Å². The fraction of sp³-hybridized carbons (Fsp3) is 0. The SMILES string of the molecule is O=Cc1ccccc1OP(=O)(Oc1ccccc1)Oc1ccccc1. The van der Waals surface area contributed by atoms with Crippen molar-refractivity contribution in [1.82, 2.24) is 0 Å². The monoisotopic (exact) mass is 354 g/mol. The molecule has 0 aliphatic heterocycles. The van der Waals surface area contributed by atoms with Crippen molar-refractivity contribution in [2.75, 3.05) is 0 Å². The van der Waals surface area contributed by atoms with E-state index in [-0.39, 0.29) is 11.3 Å². The number of carbonyl (C=O) groups is 1. The molecule has 126 valence electrons. The molecule has 0 spiro atoms. The van der Waals surface area contributed by atoms with E-state index in [1.807, 2.05) is 0 Å². The summed E-state index contributed by atoms with van der Waals surface area (Å²) in [6.07, 6.45) is 0.616. The van der Waals surface area contributed by atoms with E-state index in [0.717, 1.165) is 0 Å². The minimum Gasteiger partial charge on any atom is -0.386 e. The summed E-state index contributed by atoms with van der Waals surface area (Å²) in [5, 5.41) is 0. The molecule has 5 nitrogen and oxygen atoms in total. The van der Waals surface area contributed by atoms with Crippen LogP contribution in [0.2, 0.25) is 0 Å². The molecular weight excluding hydrogens is 339 g/mol. The van der Waals surface area contributed by atoms with Crippen molar-refractivity contribution in [3.05, 3.63) is 90.5 Å². The van der Waals surface area contributed by atoms with Gasteiger partial charge < -0.3 is 13.6 Å². The molecule has 3 aromatic rings.